The van der Waals surface area contributed by atoms with Crippen LogP contribution < -0.4 is 0 Å². The van der Waals surface area contributed by atoms with E-state index in [2.05, 4.69) is 0 Å². The molecule has 0 saturated heterocycles. The van der Waals surface area contributed by atoms with Crippen molar-refractivity contribution in [2.75, 3.05) is 6.54 Å². The van der Waals surface area contributed by atoms with E-state index in [4.69, 9.17) is 0 Å². The van der Waals surface area contributed by atoms with Crippen molar-refractivity contribution in [3.63, 3.8) is 0 Å². The molecule has 1 aromatic rings. The average Bonchev–Trinajstić information content (AvgIpc) is 2.26. The molecule has 0 aliphatic carbocycles. The second-order valence-corrected chi connectivity index (χ2v) is 5.25. The first-order valence-corrected chi connectivity index (χ1v) is 6.29. The molecule has 0 heterocycles. The van der Waals surface area contributed by atoms with Crippen LogP contribution >= 0.6 is 11.8 Å². The largest absolute Gasteiger partial charge is 0.288 e. The van der Waals surface area contributed by atoms with E-state index >= 15 is 0 Å². The van der Waals surface area contributed by atoms with Crippen molar-refractivity contribution in [2.45, 2.75) is 25.0 Å². The molecule has 0 aliphatic rings. The zero-order valence-electron chi connectivity index (χ0n) is 9.67. The van der Waals surface area contributed by atoms with E-state index in [1.54, 1.807) is 0 Å². The highest BCUT2D eigenvalue weighted by Gasteiger charge is 2.18. The monoisotopic (exact) mass is 253 g/mol. The molecule has 1 rings (SSSR count). The van der Waals surface area contributed by atoms with Gasteiger partial charge in [-0.1, -0.05) is 42.1 Å². The summed E-state index contributed by atoms with van der Waals surface area (Å²) in [7, 11) is 0. The minimum Gasteiger partial charge on any atom is -0.288 e. The number of nitrogens with zero attached hydrogens (tertiary/aromatic N) is 1. The van der Waals surface area contributed by atoms with Crippen molar-refractivity contribution >= 4 is 16.9 Å². The van der Waals surface area contributed by atoms with Gasteiger partial charge in [0, 0.05) is 11.8 Å². The zero-order valence-corrected chi connectivity index (χ0v) is 10.5. The highest BCUT2D eigenvalue weighted by molar-refractivity contribution is 8.14. The Morgan fingerprint density at radius 1 is 1.41 bits per heavy atom. The number of carbonyl (C=O) groups excluding carboxylic acids is 1. The molecule has 0 unspecified atom stereocenters. The molecule has 0 saturated carbocycles. The Balaban J connectivity index is 2.48. The maximum absolute atomic E-state index is 11.0. The summed E-state index contributed by atoms with van der Waals surface area (Å²) >= 11 is 1.07. The van der Waals surface area contributed by atoms with E-state index in [9.17, 15) is 14.9 Å². The number of carbonyl (C=O) groups is 1. The number of hydrogen-bond donors (Lipinski definition) is 0. The normalized spacial score (nSPS) is 12.1. The summed E-state index contributed by atoms with van der Waals surface area (Å²) in [4.78, 5) is 21.1. The quantitative estimate of drug-likeness (QED) is 0.577. The van der Waals surface area contributed by atoms with Crippen LogP contribution in [0.3, 0.4) is 0 Å². The van der Waals surface area contributed by atoms with Gasteiger partial charge < -0.3 is 0 Å². The number of rotatable bonds is 6. The predicted octanol–water partition coefficient (Wildman–Crippen LogP) is 2.54. The number of aryl methyl sites for hydroxylation is 1. The molecule has 0 aliphatic heterocycles. The SMILES string of the molecule is CC(=O)S[C@H](CCc1ccccc1)C[N+](=O)[O-]. The Kier molecular flexibility index (Phi) is 5.69. The zero-order chi connectivity index (χ0) is 12.7. The molecule has 92 valence electrons. The molecule has 0 N–H and O–H groups in total. The molecule has 4 nitrogen and oxygen atoms in total. The molecule has 17 heavy (non-hydrogen) atoms. The van der Waals surface area contributed by atoms with Crippen LogP contribution in [0.2, 0.25) is 0 Å². The predicted molar refractivity (Wildman–Crippen MR) is 68.7 cm³/mol. The van der Waals surface area contributed by atoms with Crippen LogP contribution in [0.15, 0.2) is 30.3 Å². The molecular weight excluding hydrogens is 238 g/mol. The van der Waals surface area contributed by atoms with Crippen LogP contribution in [0.25, 0.3) is 0 Å². The van der Waals surface area contributed by atoms with Crippen LogP contribution in [0.1, 0.15) is 18.9 Å². The van der Waals surface area contributed by atoms with Crippen LogP contribution in [0.4, 0.5) is 0 Å². The fourth-order valence-corrected chi connectivity index (χ4v) is 2.46. The molecule has 1 atom stereocenters. The first-order chi connectivity index (χ1) is 8.08. The fraction of sp³-hybridized carbons (Fsp3) is 0.417. The van der Waals surface area contributed by atoms with Crippen molar-refractivity contribution in [2.24, 2.45) is 0 Å². The van der Waals surface area contributed by atoms with E-state index in [-0.39, 0.29) is 21.8 Å². The van der Waals surface area contributed by atoms with Crippen molar-refractivity contribution in [3.05, 3.63) is 46.0 Å². The third-order valence-electron chi connectivity index (χ3n) is 2.28. The maximum Gasteiger partial charge on any atom is 0.216 e. The van der Waals surface area contributed by atoms with E-state index in [1.165, 1.54) is 6.92 Å². The summed E-state index contributed by atoms with van der Waals surface area (Å²) in [5, 5.41) is 10.2. The van der Waals surface area contributed by atoms with E-state index < -0.39 is 0 Å². The molecule has 0 radical (unpaired) electrons. The standard InChI is InChI=1S/C12H15NO3S/c1-10(14)17-12(9-13(15)16)8-7-11-5-3-2-4-6-11/h2-6,12H,7-9H2,1H3/t12-/m1/s1. The van der Waals surface area contributed by atoms with Crippen molar-refractivity contribution in [1.82, 2.24) is 0 Å². The molecule has 0 aromatic heterocycles. The Bertz CT molecular complexity index is 365. The number of hydrogen-bond acceptors (Lipinski definition) is 4. The molecule has 5 heteroatoms. The highest BCUT2D eigenvalue weighted by Crippen LogP contribution is 2.18. The molecule has 0 spiro atoms. The van der Waals surface area contributed by atoms with Gasteiger partial charge in [-0.05, 0) is 18.4 Å². The van der Waals surface area contributed by atoms with E-state index in [1.807, 2.05) is 30.3 Å². The van der Waals surface area contributed by atoms with Crippen LogP contribution in [0.5, 0.6) is 0 Å². The minimum atomic E-state index is -0.356. The van der Waals surface area contributed by atoms with Crippen molar-refractivity contribution in [1.29, 1.82) is 0 Å². The molecule has 0 fully saturated rings. The second-order valence-electron chi connectivity index (χ2n) is 3.77. The lowest BCUT2D eigenvalue weighted by Crippen LogP contribution is -2.18. The van der Waals surface area contributed by atoms with Gasteiger partial charge in [-0.2, -0.15) is 0 Å². The first kappa shape index (κ1) is 13.7. The van der Waals surface area contributed by atoms with Crippen LogP contribution in [-0.2, 0) is 11.2 Å². The Hall–Kier alpha value is -1.36. The highest BCUT2D eigenvalue weighted by atomic mass is 32.2. The maximum atomic E-state index is 11.0. The number of benzene rings is 1. The summed E-state index contributed by atoms with van der Waals surface area (Å²) in [6, 6.07) is 9.79. The van der Waals surface area contributed by atoms with Gasteiger partial charge in [-0.3, -0.25) is 14.9 Å². The van der Waals surface area contributed by atoms with Crippen LogP contribution in [0, 0.1) is 10.1 Å². The number of thioether (sulfide) groups is 1. The Morgan fingerprint density at radius 3 is 2.59 bits per heavy atom. The van der Waals surface area contributed by atoms with E-state index in [0.717, 1.165) is 23.7 Å². The minimum absolute atomic E-state index is 0.0649. The Morgan fingerprint density at radius 2 is 2.06 bits per heavy atom. The lowest BCUT2D eigenvalue weighted by molar-refractivity contribution is -0.479. The molecule has 0 bridgehead atoms. The third-order valence-corrected chi connectivity index (χ3v) is 3.33. The van der Waals surface area contributed by atoms with Gasteiger partial charge in [-0.25, -0.2) is 0 Å². The summed E-state index contributed by atoms with van der Waals surface area (Å²) in [6.45, 7) is 1.29. The van der Waals surface area contributed by atoms with Gasteiger partial charge in [-0.15, -0.1) is 0 Å². The third kappa shape index (κ3) is 6.06. The summed E-state index contributed by atoms with van der Waals surface area (Å²) < 4.78 is 0. The Labute approximate surface area is 105 Å². The molecular formula is C12H15NO3S. The van der Waals surface area contributed by atoms with Gasteiger partial charge >= 0.3 is 0 Å². The van der Waals surface area contributed by atoms with Crippen LogP contribution in [-0.4, -0.2) is 21.8 Å². The second kappa shape index (κ2) is 7.06. The number of nitro groups is 1. The van der Waals surface area contributed by atoms with Crippen molar-refractivity contribution in [3.8, 4) is 0 Å². The first-order valence-electron chi connectivity index (χ1n) is 5.41. The van der Waals surface area contributed by atoms with Gasteiger partial charge in [0.25, 0.3) is 0 Å². The van der Waals surface area contributed by atoms with Gasteiger partial charge in [0.05, 0.1) is 5.25 Å². The lowest BCUT2D eigenvalue weighted by Gasteiger charge is -2.10. The van der Waals surface area contributed by atoms with Gasteiger partial charge in [0.15, 0.2) is 5.12 Å². The fourth-order valence-electron chi connectivity index (χ4n) is 1.56. The smallest absolute Gasteiger partial charge is 0.216 e. The van der Waals surface area contributed by atoms with Gasteiger partial charge in [0.2, 0.25) is 6.54 Å². The molecule has 1 aromatic carbocycles. The average molecular weight is 253 g/mol. The lowest BCUT2D eigenvalue weighted by atomic mass is 10.1. The summed E-state index contributed by atoms with van der Waals surface area (Å²) in [6.07, 6.45) is 1.41. The van der Waals surface area contributed by atoms with Crippen molar-refractivity contribution < 1.29 is 9.72 Å². The molecule has 0 amide bonds. The van der Waals surface area contributed by atoms with E-state index in [0.29, 0.717) is 6.42 Å². The topological polar surface area (TPSA) is 60.2 Å². The van der Waals surface area contributed by atoms with Gasteiger partial charge in [0.1, 0.15) is 0 Å². The summed E-state index contributed by atoms with van der Waals surface area (Å²) in [5.41, 5.74) is 1.14. The summed E-state index contributed by atoms with van der Waals surface area (Å²) in [5.74, 6) is 0.